The van der Waals surface area contributed by atoms with Gasteiger partial charge < -0.3 is 14.2 Å². The predicted molar refractivity (Wildman–Crippen MR) is 112 cm³/mol. The van der Waals surface area contributed by atoms with Crippen LogP contribution in [0.1, 0.15) is 21.5 Å². The van der Waals surface area contributed by atoms with Crippen molar-refractivity contribution >= 4 is 28.1 Å². The fourth-order valence-electron chi connectivity index (χ4n) is 2.76. The van der Waals surface area contributed by atoms with Crippen LogP contribution in [0.5, 0.6) is 17.2 Å². The molecule has 0 bridgehead atoms. The smallest absolute Gasteiger partial charge is 0.271 e. The minimum absolute atomic E-state index is 0.141. The number of ether oxygens (including phenoxy) is 3. The van der Waals surface area contributed by atoms with E-state index in [9.17, 15) is 9.18 Å². The van der Waals surface area contributed by atoms with Crippen molar-refractivity contribution < 1.29 is 23.4 Å². The number of nitrogens with one attached hydrogen (secondary N) is 1. The second-order valence-electron chi connectivity index (χ2n) is 6.36. The van der Waals surface area contributed by atoms with Gasteiger partial charge in [0.05, 0.1) is 6.21 Å². The van der Waals surface area contributed by atoms with Crippen LogP contribution in [0.15, 0.2) is 70.2 Å². The SMILES string of the molecule is O=C(N/N=C/c1cc(Br)ccc1OCc1ccc(F)cc1)c1ccc2c(c1)OCO2. The van der Waals surface area contributed by atoms with E-state index in [0.29, 0.717) is 28.4 Å². The largest absolute Gasteiger partial charge is 0.488 e. The van der Waals surface area contributed by atoms with Crippen molar-refractivity contribution in [3.63, 3.8) is 0 Å². The van der Waals surface area contributed by atoms with Crippen molar-refractivity contribution in [2.24, 2.45) is 5.10 Å². The van der Waals surface area contributed by atoms with Gasteiger partial charge in [0.2, 0.25) is 6.79 Å². The Kier molecular flexibility index (Phi) is 5.94. The summed E-state index contributed by atoms with van der Waals surface area (Å²) >= 11 is 3.41. The molecule has 0 atom stereocenters. The van der Waals surface area contributed by atoms with Crippen molar-refractivity contribution in [2.45, 2.75) is 6.61 Å². The van der Waals surface area contributed by atoms with Crippen LogP contribution in [0, 0.1) is 5.82 Å². The fourth-order valence-corrected chi connectivity index (χ4v) is 3.13. The summed E-state index contributed by atoms with van der Waals surface area (Å²) in [5, 5.41) is 4.03. The zero-order chi connectivity index (χ0) is 20.9. The maximum atomic E-state index is 13.0. The molecule has 0 saturated carbocycles. The van der Waals surface area contributed by atoms with Crippen molar-refractivity contribution in [1.82, 2.24) is 5.43 Å². The summed E-state index contributed by atoms with van der Waals surface area (Å²) in [5.74, 6) is 1.02. The molecule has 0 saturated heterocycles. The number of hydrogen-bond donors (Lipinski definition) is 1. The van der Waals surface area contributed by atoms with E-state index >= 15 is 0 Å². The van der Waals surface area contributed by atoms with Gasteiger partial charge in [-0.2, -0.15) is 5.10 Å². The third-order valence-electron chi connectivity index (χ3n) is 4.28. The minimum atomic E-state index is -0.381. The van der Waals surface area contributed by atoms with Gasteiger partial charge in [-0.1, -0.05) is 28.1 Å². The topological polar surface area (TPSA) is 69.2 Å². The number of hydrogen-bond acceptors (Lipinski definition) is 5. The van der Waals surface area contributed by atoms with E-state index in [1.54, 1.807) is 36.4 Å². The Labute approximate surface area is 180 Å². The lowest BCUT2D eigenvalue weighted by molar-refractivity contribution is 0.0954. The van der Waals surface area contributed by atoms with Crippen LogP contribution in [0.2, 0.25) is 0 Å². The lowest BCUT2D eigenvalue weighted by atomic mass is 10.2. The molecule has 152 valence electrons. The van der Waals surface area contributed by atoms with Crippen LogP contribution in [-0.4, -0.2) is 18.9 Å². The van der Waals surface area contributed by atoms with Crippen LogP contribution >= 0.6 is 15.9 Å². The number of hydrazone groups is 1. The molecule has 3 aromatic rings. The van der Waals surface area contributed by atoms with Gasteiger partial charge >= 0.3 is 0 Å². The maximum Gasteiger partial charge on any atom is 0.271 e. The normalized spacial score (nSPS) is 12.2. The van der Waals surface area contributed by atoms with Gasteiger partial charge in [-0.25, -0.2) is 9.82 Å². The average molecular weight is 471 g/mol. The maximum absolute atomic E-state index is 13.0. The van der Waals surface area contributed by atoms with Crippen molar-refractivity contribution in [2.75, 3.05) is 6.79 Å². The highest BCUT2D eigenvalue weighted by molar-refractivity contribution is 9.10. The summed E-state index contributed by atoms with van der Waals surface area (Å²) in [5.41, 5.74) is 4.38. The summed E-state index contributed by atoms with van der Waals surface area (Å²) in [6, 6.07) is 16.4. The molecule has 1 aliphatic rings. The number of halogens is 2. The van der Waals surface area contributed by atoms with Gasteiger partial charge in [-0.3, -0.25) is 4.79 Å². The van der Waals surface area contributed by atoms with E-state index in [-0.39, 0.29) is 25.1 Å². The van der Waals surface area contributed by atoms with Crippen molar-refractivity contribution in [3.05, 3.63) is 87.6 Å². The molecule has 1 heterocycles. The quantitative estimate of drug-likeness (QED) is 0.420. The Morgan fingerprint density at radius 3 is 2.73 bits per heavy atom. The fraction of sp³-hybridized carbons (Fsp3) is 0.0909. The van der Waals surface area contributed by atoms with Crippen LogP contribution in [0.3, 0.4) is 0 Å². The molecule has 8 heteroatoms. The molecule has 1 aliphatic heterocycles. The number of amides is 1. The highest BCUT2D eigenvalue weighted by Gasteiger charge is 2.16. The first-order valence-electron chi connectivity index (χ1n) is 8.98. The second kappa shape index (κ2) is 8.96. The Morgan fingerprint density at radius 2 is 1.90 bits per heavy atom. The van der Waals surface area contributed by atoms with Gasteiger partial charge in [-0.15, -0.1) is 0 Å². The second-order valence-corrected chi connectivity index (χ2v) is 7.28. The van der Waals surface area contributed by atoms with Crippen molar-refractivity contribution in [3.8, 4) is 17.2 Å². The van der Waals surface area contributed by atoms with Gasteiger partial charge in [-0.05, 0) is 54.1 Å². The van der Waals surface area contributed by atoms with Gasteiger partial charge in [0.1, 0.15) is 18.2 Å². The Bertz CT molecular complexity index is 1100. The first-order chi connectivity index (χ1) is 14.6. The molecule has 6 nitrogen and oxygen atoms in total. The molecule has 0 fully saturated rings. The van der Waals surface area contributed by atoms with Crippen LogP contribution < -0.4 is 19.6 Å². The summed E-state index contributed by atoms with van der Waals surface area (Å²) in [4.78, 5) is 12.3. The third kappa shape index (κ3) is 4.77. The average Bonchev–Trinajstić information content (AvgIpc) is 3.22. The Hall–Kier alpha value is -3.39. The highest BCUT2D eigenvalue weighted by atomic mass is 79.9. The number of rotatable bonds is 6. The molecule has 4 rings (SSSR count). The Morgan fingerprint density at radius 1 is 1.10 bits per heavy atom. The monoisotopic (exact) mass is 470 g/mol. The standard InChI is InChI=1S/C22H16BrFN2O4/c23-17-4-8-19(28-12-14-1-5-18(24)6-2-14)16(9-17)11-25-26-22(27)15-3-7-20-21(10-15)30-13-29-20/h1-11H,12-13H2,(H,26,27)/b25-11+. The molecular weight excluding hydrogens is 455 g/mol. The summed E-state index contributed by atoms with van der Waals surface area (Å²) in [7, 11) is 0. The highest BCUT2D eigenvalue weighted by Crippen LogP contribution is 2.32. The van der Waals surface area contributed by atoms with Gasteiger partial charge in [0.25, 0.3) is 5.91 Å². The zero-order valence-corrected chi connectivity index (χ0v) is 17.2. The van der Waals surface area contributed by atoms with Crippen LogP contribution in [0.25, 0.3) is 0 Å². The number of nitrogens with zero attached hydrogens (tertiary/aromatic N) is 1. The number of benzene rings is 3. The molecule has 1 N–H and O–H groups in total. The summed E-state index contributed by atoms with van der Waals surface area (Å²) < 4.78 is 30.2. The first kappa shape index (κ1) is 19.9. The Balaban J connectivity index is 1.43. The predicted octanol–water partition coefficient (Wildman–Crippen LogP) is 4.66. The molecule has 0 unspecified atom stereocenters. The zero-order valence-electron chi connectivity index (χ0n) is 15.6. The van der Waals surface area contributed by atoms with E-state index in [0.717, 1.165) is 10.0 Å². The number of carbonyl (C=O) groups excluding carboxylic acids is 1. The third-order valence-corrected chi connectivity index (χ3v) is 4.78. The molecule has 0 aromatic heterocycles. The molecule has 0 spiro atoms. The minimum Gasteiger partial charge on any atom is -0.488 e. The first-order valence-corrected chi connectivity index (χ1v) is 9.77. The summed E-state index contributed by atoms with van der Waals surface area (Å²) in [6.07, 6.45) is 1.50. The van der Waals surface area contributed by atoms with Crippen molar-refractivity contribution in [1.29, 1.82) is 0 Å². The summed E-state index contributed by atoms with van der Waals surface area (Å²) in [6.45, 7) is 0.411. The number of carbonyl (C=O) groups is 1. The number of fused-ring (bicyclic) bond motifs is 1. The van der Waals surface area contributed by atoms with Crippen LogP contribution in [-0.2, 0) is 6.61 Å². The lowest BCUT2D eigenvalue weighted by Gasteiger charge is -2.10. The van der Waals surface area contributed by atoms with Gasteiger partial charge in [0.15, 0.2) is 11.5 Å². The van der Waals surface area contributed by atoms with E-state index in [4.69, 9.17) is 14.2 Å². The van der Waals surface area contributed by atoms with Gasteiger partial charge in [0, 0.05) is 15.6 Å². The van der Waals surface area contributed by atoms with E-state index in [1.807, 2.05) is 12.1 Å². The van der Waals surface area contributed by atoms with E-state index in [1.165, 1.54) is 18.3 Å². The lowest BCUT2D eigenvalue weighted by Crippen LogP contribution is -2.17. The van der Waals surface area contributed by atoms with E-state index in [2.05, 4.69) is 26.5 Å². The molecule has 30 heavy (non-hydrogen) atoms. The molecule has 0 radical (unpaired) electrons. The van der Waals surface area contributed by atoms with E-state index < -0.39 is 0 Å². The van der Waals surface area contributed by atoms with Crippen LogP contribution in [0.4, 0.5) is 4.39 Å². The molecule has 1 amide bonds. The molecular formula is C22H16BrFN2O4. The molecule has 0 aliphatic carbocycles. The molecule has 3 aromatic carbocycles.